The molecule has 0 aromatic heterocycles. The fraction of sp³-hybridized carbons (Fsp3) is 0.600. The summed E-state index contributed by atoms with van der Waals surface area (Å²) >= 11 is 0. The average molecular weight is 230 g/mol. The maximum Gasteiger partial charge on any atom is 0.0234 e. The lowest BCUT2D eigenvalue weighted by Gasteiger charge is -2.32. The van der Waals surface area contributed by atoms with Gasteiger partial charge in [0.2, 0.25) is 0 Å². The van der Waals surface area contributed by atoms with Crippen molar-refractivity contribution in [2.75, 3.05) is 26.7 Å². The van der Waals surface area contributed by atoms with Gasteiger partial charge in [-0.2, -0.15) is 0 Å². The molecule has 2 unspecified atom stereocenters. The molecule has 2 heteroatoms. The smallest absolute Gasteiger partial charge is 0.0234 e. The molecule has 3 heterocycles. The molecule has 0 N–H and O–H groups in total. The number of nitrogens with zero attached hydrogens (tertiary/aromatic N) is 2. The maximum absolute atomic E-state index is 2.65. The molecule has 0 amide bonds. The Labute approximate surface area is 104 Å². The van der Waals surface area contributed by atoms with Crippen LogP contribution in [0.3, 0.4) is 0 Å². The summed E-state index contributed by atoms with van der Waals surface area (Å²) in [5.41, 5.74) is 1.46. The molecule has 92 valence electrons. The summed E-state index contributed by atoms with van der Waals surface area (Å²) in [7, 11) is 2.29. The summed E-state index contributed by atoms with van der Waals surface area (Å²) in [6.45, 7) is 4.97. The van der Waals surface area contributed by atoms with Gasteiger partial charge in [-0.3, -0.25) is 4.90 Å². The molecule has 3 aliphatic heterocycles. The molecule has 4 rings (SSSR count). The van der Waals surface area contributed by atoms with E-state index in [4.69, 9.17) is 0 Å². The molecule has 0 aliphatic carbocycles. The monoisotopic (exact) mass is 230 g/mol. The summed E-state index contributed by atoms with van der Waals surface area (Å²) in [6, 6.07) is 11.7. The van der Waals surface area contributed by atoms with Crippen LogP contribution in [0.1, 0.15) is 18.4 Å². The van der Waals surface area contributed by atoms with E-state index in [0.29, 0.717) is 0 Å². The third kappa shape index (κ3) is 2.53. The molecule has 2 atom stereocenters. The molecule has 2 nitrogen and oxygen atoms in total. The van der Waals surface area contributed by atoms with E-state index in [1.165, 1.54) is 38.0 Å². The van der Waals surface area contributed by atoms with Crippen LogP contribution < -0.4 is 0 Å². The minimum atomic E-state index is 0.789. The molecule has 3 aliphatic rings. The zero-order valence-electron chi connectivity index (χ0n) is 10.7. The zero-order chi connectivity index (χ0) is 11.7. The SMILES string of the molecule is CN1CC2CCC1CN(Cc1ccccc1)C2. The van der Waals surface area contributed by atoms with Gasteiger partial charge < -0.3 is 4.90 Å². The fourth-order valence-electron chi connectivity index (χ4n) is 3.38. The second-order valence-corrected chi connectivity index (χ2v) is 5.72. The van der Waals surface area contributed by atoms with Gasteiger partial charge in [0.05, 0.1) is 0 Å². The number of likely N-dealkylation sites (N-methyl/N-ethyl adjacent to an activating group) is 1. The van der Waals surface area contributed by atoms with Crippen LogP contribution in [0.15, 0.2) is 30.3 Å². The van der Waals surface area contributed by atoms with Crippen LogP contribution in [0.5, 0.6) is 0 Å². The first-order chi connectivity index (χ1) is 8.31. The summed E-state index contributed by atoms with van der Waals surface area (Å²) in [4.78, 5) is 5.22. The maximum atomic E-state index is 2.65. The van der Waals surface area contributed by atoms with Crippen molar-refractivity contribution in [2.45, 2.75) is 25.4 Å². The van der Waals surface area contributed by atoms with Crippen molar-refractivity contribution in [3.63, 3.8) is 0 Å². The van der Waals surface area contributed by atoms with Crippen LogP contribution in [0, 0.1) is 5.92 Å². The van der Waals surface area contributed by atoms with E-state index in [-0.39, 0.29) is 0 Å². The predicted molar refractivity (Wildman–Crippen MR) is 70.9 cm³/mol. The second-order valence-electron chi connectivity index (χ2n) is 5.72. The Morgan fingerprint density at radius 2 is 1.88 bits per heavy atom. The van der Waals surface area contributed by atoms with E-state index in [9.17, 15) is 0 Å². The van der Waals surface area contributed by atoms with Crippen molar-refractivity contribution in [3.05, 3.63) is 35.9 Å². The summed E-state index contributed by atoms with van der Waals surface area (Å²) in [5, 5.41) is 0. The van der Waals surface area contributed by atoms with Crippen molar-refractivity contribution in [1.82, 2.24) is 9.80 Å². The molecule has 0 radical (unpaired) electrons. The van der Waals surface area contributed by atoms with Gasteiger partial charge in [0, 0.05) is 32.2 Å². The van der Waals surface area contributed by atoms with Gasteiger partial charge in [0.15, 0.2) is 0 Å². The number of piperidine rings is 1. The first kappa shape index (κ1) is 11.2. The molecular formula is C15H22N2. The van der Waals surface area contributed by atoms with Crippen LogP contribution >= 0.6 is 0 Å². The number of hydrogen-bond acceptors (Lipinski definition) is 2. The third-order valence-corrected chi connectivity index (χ3v) is 4.31. The lowest BCUT2D eigenvalue weighted by Crippen LogP contribution is -2.40. The standard InChI is InChI=1S/C15H22N2/c1-16-9-14-7-8-15(16)12-17(11-14)10-13-5-3-2-4-6-13/h2-6,14-15H,7-12H2,1H3. The van der Waals surface area contributed by atoms with Crippen molar-refractivity contribution >= 4 is 0 Å². The summed E-state index contributed by atoms with van der Waals surface area (Å²) < 4.78 is 0. The lowest BCUT2D eigenvalue weighted by molar-refractivity contribution is 0.165. The van der Waals surface area contributed by atoms with Crippen molar-refractivity contribution in [1.29, 1.82) is 0 Å². The molecular weight excluding hydrogens is 208 g/mol. The van der Waals surface area contributed by atoms with Crippen molar-refractivity contribution in [3.8, 4) is 0 Å². The molecule has 3 fully saturated rings. The zero-order valence-corrected chi connectivity index (χ0v) is 10.7. The van der Waals surface area contributed by atoms with Crippen LogP contribution in [0.2, 0.25) is 0 Å². The van der Waals surface area contributed by atoms with Gasteiger partial charge in [0.1, 0.15) is 0 Å². The Kier molecular flexibility index (Phi) is 3.17. The van der Waals surface area contributed by atoms with E-state index in [1.54, 1.807) is 0 Å². The number of hydrogen-bond donors (Lipinski definition) is 0. The second kappa shape index (κ2) is 4.79. The van der Waals surface area contributed by atoms with Crippen LogP contribution in [-0.2, 0) is 6.54 Å². The fourth-order valence-corrected chi connectivity index (χ4v) is 3.38. The molecule has 0 saturated carbocycles. The first-order valence-corrected chi connectivity index (χ1v) is 6.78. The molecule has 1 aromatic carbocycles. The Hall–Kier alpha value is -0.860. The van der Waals surface area contributed by atoms with Gasteiger partial charge in [-0.1, -0.05) is 30.3 Å². The Morgan fingerprint density at radius 1 is 1.06 bits per heavy atom. The van der Waals surface area contributed by atoms with E-state index in [0.717, 1.165) is 18.5 Å². The van der Waals surface area contributed by atoms with E-state index in [2.05, 4.69) is 47.2 Å². The molecule has 3 saturated heterocycles. The number of rotatable bonds is 2. The van der Waals surface area contributed by atoms with Crippen LogP contribution in [0.25, 0.3) is 0 Å². The van der Waals surface area contributed by atoms with E-state index >= 15 is 0 Å². The largest absolute Gasteiger partial charge is 0.302 e. The molecule has 0 spiro atoms. The minimum absolute atomic E-state index is 0.789. The quantitative estimate of drug-likeness (QED) is 0.768. The lowest BCUT2D eigenvalue weighted by atomic mass is 9.96. The summed E-state index contributed by atoms with van der Waals surface area (Å²) in [6.07, 6.45) is 2.83. The van der Waals surface area contributed by atoms with Gasteiger partial charge in [-0.05, 0) is 31.4 Å². The highest BCUT2D eigenvalue weighted by molar-refractivity contribution is 5.14. The van der Waals surface area contributed by atoms with Crippen molar-refractivity contribution < 1.29 is 0 Å². The Bertz CT molecular complexity index is 362. The third-order valence-electron chi connectivity index (χ3n) is 4.31. The highest BCUT2D eigenvalue weighted by Gasteiger charge is 2.32. The first-order valence-electron chi connectivity index (χ1n) is 6.78. The van der Waals surface area contributed by atoms with Crippen LogP contribution in [0.4, 0.5) is 0 Å². The molecule has 1 aromatic rings. The van der Waals surface area contributed by atoms with E-state index in [1.807, 2.05) is 0 Å². The normalized spacial score (nSPS) is 30.4. The average Bonchev–Trinajstić information content (AvgIpc) is 2.60. The van der Waals surface area contributed by atoms with E-state index < -0.39 is 0 Å². The topological polar surface area (TPSA) is 6.48 Å². The van der Waals surface area contributed by atoms with Gasteiger partial charge >= 0.3 is 0 Å². The Morgan fingerprint density at radius 3 is 2.65 bits per heavy atom. The number of fused-ring (bicyclic) bond motifs is 4. The summed E-state index contributed by atoms with van der Waals surface area (Å²) in [5.74, 6) is 0.891. The minimum Gasteiger partial charge on any atom is -0.302 e. The van der Waals surface area contributed by atoms with Gasteiger partial charge in [-0.25, -0.2) is 0 Å². The van der Waals surface area contributed by atoms with Crippen LogP contribution in [-0.4, -0.2) is 42.5 Å². The Balaban J connectivity index is 1.69. The highest BCUT2D eigenvalue weighted by Crippen LogP contribution is 2.27. The molecule has 17 heavy (non-hydrogen) atoms. The number of benzene rings is 1. The predicted octanol–water partition coefficient (Wildman–Crippen LogP) is 2.21. The van der Waals surface area contributed by atoms with Gasteiger partial charge in [0.25, 0.3) is 0 Å². The highest BCUT2D eigenvalue weighted by atomic mass is 15.2. The van der Waals surface area contributed by atoms with Gasteiger partial charge in [-0.15, -0.1) is 0 Å². The molecule has 2 bridgehead atoms. The van der Waals surface area contributed by atoms with Crippen molar-refractivity contribution in [2.24, 2.45) is 5.92 Å².